The van der Waals surface area contributed by atoms with Gasteiger partial charge >= 0.3 is 13.0 Å². The van der Waals surface area contributed by atoms with Crippen LogP contribution in [-0.2, 0) is 16.0 Å². The Bertz CT molecular complexity index is 705. The molecule has 2 N–H and O–H groups in total. The van der Waals surface area contributed by atoms with Gasteiger partial charge in [0.25, 0.3) is 5.91 Å². The van der Waals surface area contributed by atoms with E-state index in [2.05, 4.69) is 5.23 Å². The Morgan fingerprint density at radius 1 is 1.23 bits per heavy atom. The van der Waals surface area contributed by atoms with Gasteiger partial charge in [0.2, 0.25) is 0 Å². The molecule has 0 spiro atoms. The van der Waals surface area contributed by atoms with Gasteiger partial charge in [-0.15, -0.1) is 23.2 Å². The first-order chi connectivity index (χ1) is 14.0. The molecule has 0 unspecified atom stereocenters. The van der Waals surface area contributed by atoms with E-state index in [4.69, 9.17) is 27.9 Å². The van der Waals surface area contributed by atoms with Crippen LogP contribution in [0.5, 0.6) is 0 Å². The van der Waals surface area contributed by atoms with Gasteiger partial charge in [-0.1, -0.05) is 6.07 Å². The van der Waals surface area contributed by atoms with E-state index in [9.17, 15) is 14.6 Å². The van der Waals surface area contributed by atoms with Crippen molar-refractivity contribution in [2.24, 2.45) is 0 Å². The minimum atomic E-state index is -0.787. The molecule has 0 aliphatic carbocycles. The van der Waals surface area contributed by atoms with Crippen molar-refractivity contribution in [2.75, 3.05) is 24.8 Å². The SMILES string of the molecule is CB(O)N[C@H](CC(=O)OC(C)(C)C)Cc1cc(C(=O)N(CCCl)CCCl)ccc1C. The summed E-state index contributed by atoms with van der Waals surface area (Å²) in [5.74, 6) is 0.181. The zero-order chi connectivity index (χ0) is 22.9. The lowest BCUT2D eigenvalue weighted by molar-refractivity contribution is -0.155. The molecule has 0 aromatic heterocycles. The first-order valence-corrected chi connectivity index (χ1v) is 11.2. The largest absolute Gasteiger partial charge is 0.460 e. The highest BCUT2D eigenvalue weighted by Crippen LogP contribution is 2.18. The summed E-state index contributed by atoms with van der Waals surface area (Å²) in [7, 11) is -0.787. The first kappa shape index (κ1) is 26.8. The smallest absolute Gasteiger partial charge is 0.373 e. The van der Waals surface area contributed by atoms with Gasteiger partial charge in [-0.2, -0.15) is 0 Å². The predicted molar refractivity (Wildman–Crippen MR) is 123 cm³/mol. The van der Waals surface area contributed by atoms with Gasteiger partial charge in [0, 0.05) is 36.5 Å². The second-order valence-corrected chi connectivity index (χ2v) is 9.10. The van der Waals surface area contributed by atoms with Crippen molar-refractivity contribution in [1.29, 1.82) is 0 Å². The third-order valence-electron chi connectivity index (χ3n) is 4.37. The van der Waals surface area contributed by atoms with Gasteiger partial charge in [0.05, 0.1) is 6.42 Å². The molecule has 0 saturated carbocycles. The van der Waals surface area contributed by atoms with Crippen molar-refractivity contribution in [3.05, 3.63) is 34.9 Å². The van der Waals surface area contributed by atoms with Crippen molar-refractivity contribution >= 4 is 42.1 Å². The summed E-state index contributed by atoms with van der Waals surface area (Å²) in [4.78, 5) is 26.8. The number of nitrogens with one attached hydrogen (secondary N) is 1. The fraction of sp³-hybridized carbons (Fsp3) is 0.619. The van der Waals surface area contributed by atoms with Crippen molar-refractivity contribution in [3.63, 3.8) is 0 Å². The Hall–Kier alpha value is -1.28. The number of esters is 1. The number of hydrogen-bond acceptors (Lipinski definition) is 5. The molecule has 9 heteroatoms. The van der Waals surface area contributed by atoms with E-state index in [1.165, 1.54) is 0 Å². The Morgan fingerprint density at radius 3 is 2.33 bits per heavy atom. The molecule has 0 saturated heterocycles. The molecule has 168 valence electrons. The Morgan fingerprint density at radius 2 is 1.83 bits per heavy atom. The van der Waals surface area contributed by atoms with Gasteiger partial charge in [-0.25, -0.2) is 0 Å². The predicted octanol–water partition coefficient (Wildman–Crippen LogP) is 3.26. The number of rotatable bonds is 11. The molecule has 1 aromatic rings. The Balaban J connectivity index is 3.05. The molecule has 0 aliphatic rings. The number of alkyl halides is 2. The molecule has 0 radical (unpaired) electrons. The molecular weight excluding hydrogens is 426 g/mol. The number of ether oxygens (including phenoxy) is 1. The molecule has 1 atom stereocenters. The lowest BCUT2D eigenvalue weighted by atomic mass is 9.85. The molecule has 1 rings (SSSR count). The van der Waals surface area contributed by atoms with Crippen LogP contribution in [0.4, 0.5) is 0 Å². The summed E-state index contributed by atoms with van der Waals surface area (Å²) in [5, 5.41) is 12.8. The molecule has 1 aromatic carbocycles. The van der Waals surface area contributed by atoms with Crippen LogP contribution in [0.1, 0.15) is 48.7 Å². The van der Waals surface area contributed by atoms with Crippen LogP contribution in [0.15, 0.2) is 18.2 Å². The molecule has 0 fully saturated rings. The third kappa shape index (κ3) is 9.69. The highest BCUT2D eigenvalue weighted by molar-refractivity contribution is 6.45. The van der Waals surface area contributed by atoms with Crippen LogP contribution in [0, 0.1) is 6.92 Å². The molecule has 6 nitrogen and oxygen atoms in total. The van der Waals surface area contributed by atoms with Crippen molar-refractivity contribution in [3.8, 4) is 0 Å². The second kappa shape index (κ2) is 12.5. The molecule has 30 heavy (non-hydrogen) atoms. The first-order valence-electron chi connectivity index (χ1n) is 10.1. The van der Waals surface area contributed by atoms with E-state index >= 15 is 0 Å². The number of hydrogen-bond donors (Lipinski definition) is 2. The van der Waals surface area contributed by atoms with Gasteiger partial charge in [0.15, 0.2) is 0 Å². The summed E-state index contributed by atoms with van der Waals surface area (Å²) < 4.78 is 5.42. The number of carbonyl (C=O) groups excluding carboxylic acids is 2. The molecular formula is C21H33BCl2N2O4. The summed E-state index contributed by atoms with van der Waals surface area (Å²) in [6.45, 7) is 9.83. The fourth-order valence-electron chi connectivity index (χ4n) is 3.11. The third-order valence-corrected chi connectivity index (χ3v) is 4.71. The number of benzene rings is 1. The summed E-state index contributed by atoms with van der Waals surface area (Å²) in [6, 6.07) is 5.15. The lowest BCUT2D eigenvalue weighted by Gasteiger charge is -2.24. The van der Waals surface area contributed by atoms with Crippen LogP contribution in [0.25, 0.3) is 0 Å². The molecule has 0 aliphatic heterocycles. The van der Waals surface area contributed by atoms with Crippen molar-refractivity contribution < 1.29 is 19.3 Å². The highest BCUT2D eigenvalue weighted by atomic mass is 35.5. The number of aryl methyl sites for hydroxylation is 1. The minimum Gasteiger partial charge on any atom is -0.460 e. The van der Waals surface area contributed by atoms with E-state index < -0.39 is 12.7 Å². The number of amides is 1. The van der Waals surface area contributed by atoms with Crippen LogP contribution in [0.3, 0.4) is 0 Å². The number of nitrogens with zero attached hydrogens (tertiary/aromatic N) is 1. The molecule has 0 bridgehead atoms. The fourth-order valence-corrected chi connectivity index (χ4v) is 3.51. The normalized spacial score (nSPS) is 12.4. The summed E-state index contributed by atoms with van der Waals surface area (Å²) in [5.41, 5.74) is 1.87. The van der Waals surface area contributed by atoms with Gasteiger partial charge in [-0.3, -0.25) is 9.59 Å². The van der Waals surface area contributed by atoms with Crippen molar-refractivity contribution in [1.82, 2.24) is 10.1 Å². The highest BCUT2D eigenvalue weighted by Gasteiger charge is 2.24. The maximum absolute atomic E-state index is 12.9. The Labute approximate surface area is 190 Å². The van der Waals surface area contributed by atoms with Gasteiger partial charge < -0.3 is 19.9 Å². The number of halogens is 2. The topological polar surface area (TPSA) is 78.9 Å². The second-order valence-electron chi connectivity index (χ2n) is 8.35. The van der Waals surface area contributed by atoms with Gasteiger partial charge in [-0.05, 0) is 64.2 Å². The Kier molecular flexibility index (Phi) is 11.2. The van der Waals surface area contributed by atoms with E-state index in [1.54, 1.807) is 17.8 Å². The van der Waals surface area contributed by atoms with Crippen molar-refractivity contribution in [2.45, 2.75) is 59.0 Å². The van der Waals surface area contributed by atoms with Crippen LogP contribution in [-0.4, -0.2) is 65.3 Å². The van der Waals surface area contributed by atoms with E-state index in [0.29, 0.717) is 36.8 Å². The maximum atomic E-state index is 12.9. The van der Waals surface area contributed by atoms with E-state index in [0.717, 1.165) is 11.1 Å². The average molecular weight is 459 g/mol. The average Bonchev–Trinajstić information content (AvgIpc) is 2.60. The van der Waals surface area contributed by atoms with Crippen LogP contribution in [0.2, 0.25) is 6.82 Å². The summed E-state index contributed by atoms with van der Waals surface area (Å²) in [6.07, 6.45) is 0.562. The standard InChI is InChI=1S/C21H33BCl2N2O4/c1-15-6-7-16(20(28)26(10-8-23)11-9-24)12-17(15)13-18(25-22(5)29)14-19(27)30-21(2,3)4/h6-7,12,18,25,29H,8-11,13-14H2,1-5H3/t18-/m0/s1. The minimum absolute atomic E-state index is 0.102. The number of carbonyl (C=O) groups is 2. The lowest BCUT2D eigenvalue weighted by Crippen LogP contribution is -2.43. The zero-order valence-corrected chi connectivity index (χ0v) is 20.0. The quantitative estimate of drug-likeness (QED) is 0.302. The zero-order valence-electron chi connectivity index (χ0n) is 18.5. The van der Waals surface area contributed by atoms with Gasteiger partial charge in [0.1, 0.15) is 5.60 Å². The van der Waals surface area contributed by atoms with E-state index in [1.807, 2.05) is 39.8 Å². The maximum Gasteiger partial charge on any atom is 0.373 e. The molecule has 0 heterocycles. The van der Waals surface area contributed by atoms with E-state index in [-0.39, 0.29) is 24.3 Å². The molecule has 1 amide bonds. The van der Waals surface area contributed by atoms with Crippen LogP contribution < -0.4 is 5.23 Å². The summed E-state index contributed by atoms with van der Waals surface area (Å²) >= 11 is 11.6. The van der Waals surface area contributed by atoms with Crippen LogP contribution >= 0.6 is 23.2 Å². The monoisotopic (exact) mass is 458 g/mol.